The van der Waals surface area contributed by atoms with E-state index in [0.29, 0.717) is 11.3 Å². The molecule has 0 aliphatic heterocycles. The SMILES string of the molecule is O=C(O)c1ccc2oc(C=Cc3ccccn3)cc(=O)c2c1. The summed E-state index contributed by atoms with van der Waals surface area (Å²) in [5.74, 6) is -0.702. The molecule has 3 aromatic rings. The third-order valence-corrected chi connectivity index (χ3v) is 3.10. The van der Waals surface area contributed by atoms with Crippen LogP contribution in [0.1, 0.15) is 21.8 Å². The second-order valence-electron chi connectivity index (χ2n) is 4.62. The molecule has 0 aliphatic carbocycles. The summed E-state index contributed by atoms with van der Waals surface area (Å²) in [6.07, 6.45) is 5.05. The van der Waals surface area contributed by atoms with Crippen LogP contribution >= 0.6 is 0 Å². The van der Waals surface area contributed by atoms with Crippen molar-refractivity contribution in [2.45, 2.75) is 0 Å². The minimum atomic E-state index is -1.08. The van der Waals surface area contributed by atoms with Crippen LogP contribution < -0.4 is 5.43 Å². The van der Waals surface area contributed by atoms with Crippen LogP contribution in [0.15, 0.2) is 57.9 Å². The molecule has 5 heteroatoms. The number of benzene rings is 1. The van der Waals surface area contributed by atoms with Gasteiger partial charge < -0.3 is 9.52 Å². The molecule has 0 saturated carbocycles. The van der Waals surface area contributed by atoms with E-state index in [9.17, 15) is 9.59 Å². The fraction of sp³-hybridized carbons (Fsp3) is 0. The quantitative estimate of drug-likeness (QED) is 0.802. The Bertz CT molecular complexity index is 926. The maximum absolute atomic E-state index is 12.1. The molecule has 5 nitrogen and oxygen atoms in total. The van der Waals surface area contributed by atoms with Gasteiger partial charge in [0.2, 0.25) is 0 Å². The Kier molecular flexibility index (Phi) is 3.53. The van der Waals surface area contributed by atoms with Gasteiger partial charge in [-0.25, -0.2) is 4.79 Å². The zero-order chi connectivity index (χ0) is 15.5. The van der Waals surface area contributed by atoms with Gasteiger partial charge in [0.25, 0.3) is 0 Å². The molecular weight excluding hydrogens is 282 g/mol. The summed E-state index contributed by atoms with van der Waals surface area (Å²) in [6, 6.07) is 11.0. The van der Waals surface area contributed by atoms with Crippen molar-refractivity contribution in [2.24, 2.45) is 0 Å². The van der Waals surface area contributed by atoms with Gasteiger partial charge in [0.15, 0.2) is 5.43 Å². The second-order valence-corrected chi connectivity index (χ2v) is 4.62. The van der Waals surface area contributed by atoms with E-state index in [0.717, 1.165) is 5.69 Å². The molecule has 0 unspecified atom stereocenters. The lowest BCUT2D eigenvalue weighted by atomic mass is 10.1. The van der Waals surface area contributed by atoms with Crippen LogP contribution in [0, 0.1) is 0 Å². The van der Waals surface area contributed by atoms with E-state index in [-0.39, 0.29) is 16.4 Å². The van der Waals surface area contributed by atoms with E-state index in [1.165, 1.54) is 24.3 Å². The first kappa shape index (κ1) is 13.8. The predicted molar refractivity (Wildman–Crippen MR) is 82.6 cm³/mol. The Hall–Kier alpha value is -3.21. The van der Waals surface area contributed by atoms with Crippen LogP contribution in [-0.2, 0) is 0 Å². The van der Waals surface area contributed by atoms with E-state index in [2.05, 4.69) is 4.98 Å². The van der Waals surface area contributed by atoms with Crippen molar-refractivity contribution < 1.29 is 14.3 Å². The van der Waals surface area contributed by atoms with E-state index < -0.39 is 5.97 Å². The summed E-state index contributed by atoms with van der Waals surface area (Å²) in [6.45, 7) is 0. The van der Waals surface area contributed by atoms with Crippen LogP contribution in [0.3, 0.4) is 0 Å². The number of aromatic carboxylic acids is 1. The van der Waals surface area contributed by atoms with Gasteiger partial charge in [0.1, 0.15) is 11.3 Å². The zero-order valence-electron chi connectivity index (χ0n) is 11.4. The van der Waals surface area contributed by atoms with Gasteiger partial charge in [0.05, 0.1) is 16.6 Å². The van der Waals surface area contributed by atoms with Crippen molar-refractivity contribution in [1.82, 2.24) is 4.98 Å². The van der Waals surface area contributed by atoms with E-state index in [1.54, 1.807) is 18.3 Å². The topological polar surface area (TPSA) is 80.4 Å². The molecule has 0 atom stereocenters. The first-order valence-electron chi connectivity index (χ1n) is 6.54. The number of carboxylic acids is 1. The largest absolute Gasteiger partial charge is 0.478 e. The lowest BCUT2D eigenvalue weighted by Crippen LogP contribution is -2.03. The summed E-state index contributed by atoms with van der Waals surface area (Å²) < 4.78 is 5.59. The lowest BCUT2D eigenvalue weighted by molar-refractivity contribution is 0.0697. The minimum absolute atomic E-state index is 0.0524. The van der Waals surface area contributed by atoms with Crippen LogP contribution in [0.2, 0.25) is 0 Å². The van der Waals surface area contributed by atoms with Crippen LogP contribution in [0.25, 0.3) is 23.1 Å². The Morgan fingerprint density at radius 3 is 2.73 bits per heavy atom. The molecule has 0 bridgehead atoms. The van der Waals surface area contributed by atoms with Crippen molar-refractivity contribution >= 4 is 29.1 Å². The van der Waals surface area contributed by atoms with Crippen molar-refractivity contribution in [3.63, 3.8) is 0 Å². The average Bonchev–Trinajstić information content (AvgIpc) is 2.53. The molecule has 2 heterocycles. The molecule has 0 spiro atoms. The molecule has 0 saturated heterocycles. The van der Waals surface area contributed by atoms with Gasteiger partial charge in [-0.15, -0.1) is 0 Å². The number of pyridine rings is 1. The minimum Gasteiger partial charge on any atom is -0.478 e. The molecule has 3 rings (SSSR count). The Morgan fingerprint density at radius 2 is 2.00 bits per heavy atom. The van der Waals surface area contributed by atoms with E-state index in [4.69, 9.17) is 9.52 Å². The highest BCUT2D eigenvalue weighted by Gasteiger charge is 2.08. The van der Waals surface area contributed by atoms with Gasteiger partial charge in [-0.1, -0.05) is 6.07 Å². The number of aromatic nitrogens is 1. The summed E-state index contributed by atoms with van der Waals surface area (Å²) in [5.41, 5.74) is 0.853. The maximum Gasteiger partial charge on any atom is 0.335 e. The Balaban J connectivity index is 2.03. The van der Waals surface area contributed by atoms with Gasteiger partial charge in [-0.3, -0.25) is 9.78 Å². The molecule has 0 aliphatic rings. The van der Waals surface area contributed by atoms with Crippen molar-refractivity contribution in [2.75, 3.05) is 0 Å². The second kappa shape index (κ2) is 5.65. The summed E-state index contributed by atoms with van der Waals surface area (Å²) in [4.78, 5) is 27.2. The van der Waals surface area contributed by atoms with Gasteiger partial charge in [-0.05, 0) is 42.5 Å². The first-order chi connectivity index (χ1) is 10.6. The fourth-order valence-electron chi connectivity index (χ4n) is 2.03. The number of nitrogens with zero attached hydrogens (tertiary/aromatic N) is 1. The predicted octanol–water partition coefficient (Wildman–Crippen LogP) is 3.06. The van der Waals surface area contributed by atoms with Crippen molar-refractivity contribution in [1.29, 1.82) is 0 Å². The molecular formula is C17H11NO4. The van der Waals surface area contributed by atoms with Gasteiger partial charge in [-0.2, -0.15) is 0 Å². The maximum atomic E-state index is 12.1. The van der Waals surface area contributed by atoms with Crippen molar-refractivity contribution in [3.05, 3.63) is 75.9 Å². The summed E-state index contributed by atoms with van der Waals surface area (Å²) >= 11 is 0. The highest BCUT2D eigenvalue weighted by molar-refractivity contribution is 5.92. The molecule has 1 aromatic carbocycles. The van der Waals surface area contributed by atoms with Gasteiger partial charge >= 0.3 is 5.97 Å². The first-order valence-corrected chi connectivity index (χ1v) is 6.54. The molecule has 0 radical (unpaired) electrons. The standard InChI is InChI=1S/C17H11NO4/c19-15-10-13(6-5-12-3-1-2-8-18-12)22-16-7-4-11(17(20)21)9-14(15)16/h1-10H,(H,20,21). The third kappa shape index (κ3) is 2.78. The summed E-state index contributed by atoms with van der Waals surface area (Å²) in [7, 11) is 0. The lowest BCUT2D eigenvalue weighted by Gasteiger charge is -2.00. The molecule has 2 aromatic heterocycles. The Morgan fingerprint density at radius 1 is 1.14 bits per heavy atom. The molecule has 22 heavy (non-hydrogen) atoms. The van der Waals surface area contributed by atoms with Gasteiger partial charge in [0, 0.05) is 12.3 Å². The normalized spacial score (nSPS) is 11.1. The monoisotopic (exact) mass is 293 g/mol. The number of carbonyl (C=O) groups is 1. The van der Waals surface area contributed by atoms with E-state index in [1.807, 2.05) is 18.2 Å². The third-order valence-electron chi connectivity index (χ3n) is 3.10. The molecule has 0 amide bonds. The van der Waals surface area contributed by atoms with Crippen LogP contribution in [0.4, 0.5) is 0 Å². The molecule has 1 N–H and O–H groups in total. The number of hydrogen-bond acceptors (Lipinski definition) is 4. The smallest absolute Gasteiger partial charge is 0.335 e. The zero-order valence-corrected chi connectivity index (χ0v) is 11.4. The van der Waals surface area contributed by atoms with Crippen molar-refractivity contribution in [3.8, 4) is 0 Å². The number of carboxylic acid groups (broad SMARTS) is 1. The highest BCUT2D eigenvalue weighted by Crippen LogP contribution is 2.16. The summed E-state index contributed by atoms with van der Waals surface area (Å²) in [5, 5.41) is 9.19. The molecule has 108 valence electrons. The Labute approximate surface area is 125 Å². The fourth-order valence-corrected chi connectivity index (χ4v) is 2.03. The number of hydrogen-bond donors (Lipinski definition) is 1. The highest BCUT2D eigenvalue weighted by atomic mass is 16.4. The number of fused-ring (bicyclic) bond motifs is 1. The van der Waals surface area contributed by atoms with E-state index >= 15 is 0 Å². The van der Waals surface area contributed by atoms with Crippen LogP contribution in [-0.4, -0.2) is 16.1 Å². The van der Waals surface area contributed by atoms with Crippen LogP contribution in [0.5, 0.6) is 0 Å². The molecule has 0 fully saturated rings. The number of rotatable bonds is 3. The average molecular weight is 293 g/mol.